The standard InChI is InChI=1S/C29H28ClNO2/c1-21-11-13-23(14-12-21)29-28(30)25(15-16-31-17-19-32-20-18-31)27(22-7-3-2-4-8-22)24-9-5-6-10-26(24)33-29/h2-15,27H,16-20H2,1H3/b25-15-/t27-/m1/s1. The Morgan fingerprint density at radius 2 is 1.61 bits per heavy atom. The maximum Gasteiger partial charge on any atom is 0.153 e. The molecule has 0 unspecified atom stereocenters. The third kappa shape index (κ3) is 4.77. The molecule has 0 aliphatic carbocycles. The van der Waals surface area contributed by atoms with Crippen LogP contribution in [-0.4, -0.2) is 37.7 Å². The van der Waals surface area contributed by atoms with Gasteiger partial charge < -0.3 is 9.47 Å². The zero-order valence-electron chi connectivity index (χ0n) is 18.8. The van der Waals surface area contributed by atoms with E-state index in [2.05, 4.69) is 84.6 Å². The molecule has 3 aromatic carbocycles. The van der Waals surface area contributed by atoms with Crippen LogP contribution >= 0.6 is 11.6 Å². The van der Waals surface area contributed by atoms with Crippen LogP contribution in [0, 0.1) is 6.92 Å². The van der Waals surface area contributed by atoms with E-state index in [0.717, 1.165) is 55.3 Å². The quantitative estimate of drug-likeness (QED) is 0.453. The summed E-state index contributed by atoms with van der Waals surface area (Å²) in [6.07, 6.45) is 2.28. The third-order valence-corrected chi connectivity index (χ3v) is 6.72. The van der Waals surface area contributed by atoms with E-state index in [4.69, 9.17) is 21.1 Å². The maximum atomic E-state index is 7.22. The lowest BCUT2D eigenvalue weighted by Gasteiger charge is -2.27. The Morgan fingerprint density at radius 3 is 2.36 bits per heavy atom. The van der Waals surface area contributed by atoms with Crippen LogP contribution in [-0.2, 0) is 4.74 Å². The van der Waals surface area contributed by atoms with Crippen molar-refractivity contribution in [3.05, 3.63) is 118 Å². The minimum absolute atomic E-state index is 0.0149. The maximum absolute atomic E-state index is 7.22. The highest BCUT2D eigenvalue weighted by atomic mass is 35.5. The van der Waals surface area contributed by atoms with Gasteiger partial charge in [-0.25, -0.2) is 0 Å². The number of benzene rings is 3. The molecule has 2 aliphatic rings. The van der Waals surface area contributed by atoms with Gasteiger partial charge in [0.2, 0.25) is 0 Å². The van der Waals surface area contributed by atoms with Crippen LogP contribution in [0.4, 0.5) is 0 Å². The smallest absolute Gasteiger partial charge is 0.153 e. The molecule has 0 aromatic heterocycles. The Morgan fingerprint density at radius 1 is 0.909 bits per heavy atom. The molecule has 0 N–H and O–H groups in total. The van der Waals surface area contributed by atoms with Gasteiger partial charge in [-0.05, 0) is 24.1 Å². The van der Waals surface area contributed by atoms with Crippen LogP contribution in [0.2, 0.25) is 0 Å². The van der Waals surface area contributed by atoms with Gasteiger partial charge in [-0.15, -0.1) is 0 Å². The highest BCUT2D eigenvalue weighted by Crippen LogP contribution is 2.47. The number of allylic oxidation sites excluding steroid dienone is 2. The van der Waals surface area contributed by atoms with Crippen LogP contribution in [0.25, 0.3) is 5.76 Å². The first-order valence-corrected chi connectivity index (χ1v) is 11.9. The summed E-state index contributed by atoms with van der Waals surface area (Å²) in [6.45, 7) is 6.31. The molecule has 3 aromatic rings. The average Bonchev–Trinajstić information content (AvgIpc) is 2.99. The van der Waals surface area contributed by atoms with E-state index in [1.807, 2.05) is 12.1 Å². The zero-order valence-corrected chi connectivity index (χ0v) is 19.6. The van der Waals surface area contributed by atoms with Crippen molar-refractivity contribution in [1.29, 1.82) is 0 Å². The topological polar surface area (TPSA) is 21.7 Å². The molecule has 2 heterocycles. The highest BCUT2D eigenvalue weighted by Gasteiger charge is 2.31. The van der Waals surface area contributed by atoms with Crippen LogP contribution in [0.15, 0.2) is 95.5 Å². The zero-order chi connectivity index (χ0) is 22.6. The molecule has 0 bridgehead atoms. The van der Waals surface area contributed by atoms with E-state index in [1.54, 1.807) is 0 Å². The number of para-hydroxylation sites is 1. The molecule has 1 atom stereocenters. The summed E-state index contributed by atoms with van der Waals surface area (Å²) >= 11 is 7.22. The summed E-state index contributed by atoms with van der Waals surface area (Å²) in [6, 6.07) is 27.2. The molecule has 5 rings (SSSR count). The molecule has 1 fully saturated rings. The lowest BCUT2D eigenvalue weighted by atomic mass is 9.84. The number of hydrogen-bond acceptors (Lipinski definition) is 3. The number of fused-ring (bicyclic) bond motifs is 1. The molecule has 0 spiro atoms. The first-order chi connectivity index (χ1) is 16.2. The molecule has 1 saturated heterocycles. The van der Waals surface area contributed by atoms with Gasteiger partial charge in [0, 0.05) is 36.7 Å². The van der Waals surface area contributed by atoms with Gasteiger partial charge in [-0.2, -0.15) is 0 Å². The van der Waals surface area contributed by atoms with Crippen molar-refractivity contribution < 1.29 is 9.47 Å². The fourth-order valence-electron chi connectivity index (χ4n) is 4.51. The van der Waals surface area contributed by atoms with Crippen molar-refractivity contribution in [2.75, 3.05) is 32.8 Å². The SMILES string of the molecule is Cc1ccc(C2=C(Cl)/C(=C\CN3CCOCC3)[C@H](c3ccccc3)c3ccccc3O2)cc1. The summed E-state index contributed by atoms with van der Waals surface area (Å²) in [5.74, 6) is 1.53. The van der Waals surface area contributed by atoms with Crippen molar-refractivity contribution in [2.45, 2.75) is 12.8 Å². The van der Waals surface area contributed by atoms with E-state index in [9.17, 15) is 0 Å². The highest BCUT2D eigenvalue weighted by molar-refractivity contribution is 6.35. The molecule has 4 heteroatoms. The molecule has 0 amide bonds. The van der Waals surface area contributed by atoms with Gasteiger partial charge in [0.05, 0.1) is 18.2 Å². The summed E-state index contributed by atoms with van der Waals surface area (Å²) < 4.78 is 12.1. The van der Waals surface area contributed by atoms with Crippen molar-refractivity contribution in [1.82, 2.24) is 4.90 Å². The minimum atomic E-state index is -0.0149. The number of halogens is 1. The number of rotatable bonds is 4. The summed E-state index contributed by atoms with van der Waals surface area (Å²) in [5.41, 5.74) is 5.58. The van der Waals surface area contributed by atoms with E-state index in [0.29, 0.717) is 10.8 Å². The number of hydrogen-bond donors (Lipinski definition) is 0. The second-order valence-corrected chi connectivity index (χ2v) is 8.94. The van der Waals surface area contributed by atoms with Crippen molar-refractivity contribution in [2.24, 2.45) is 0 Å². The average molecular weight is 458 g/mol. The van der Waals surface area contributed by atoms with E-state index < -0.39 is 0 Å². The normalized spacial score (nSPS) is 20.3. The number of ether oxygens (including phenoxy) is 2. The van der Waals surface area contributed by atoms with Crippen molar-refractivity contribution in [3.63, 3.8) is 0 Å². The van der Waals surface area contributed by atoms with Crippen molar-refractivity contribution in [3.8, 4) is 5.75 Å². The summed E-state index contributed by atoms with van der Waals surface area (Å²) in [5, 5.41) is 0.664. The van der Waals surface area contributed by atoms with Crippen LogP contribution in [0.3, 0.4) is 0 Å². The minimum Gasteiger partial charge on any atom is -0.455 e. The summed E-state index contributed by atoms with van der Waals surface area (Å²) in [7, 11) is 0. The molecule has 168 valence electrons. The fourth-order valence-corrected chi connectivity index (χ4v) is 4.84. The van der Waals surface area contributed by atoms with E-state index >= 15 is 0 Å². The second-order valence-electron chi connectivity index (χ2n) is 8.57. The lowest BCUT2D eigenvalue weighted by Crippen LogP contribution is -2.36. The van der Waals surface area contributed by atoms with Gasteiger partial charge >= 0.3 is 0 Å². The Hall–Kier alpha value is -2.85. The number of aryl methyl sites for hydroxylation is 1. The first-order valence-electron chi connectivity index (χ1n) is 11.5. The van der Waals surface area contributed by atoms with Crippen molar-refractivity contribution >= 4 is 17.4 Å². The van der Waals surface area contributed by atoms with Crippen LogP contribution in [0.5, 0.6) is 5.75 Å². The van der Waals surface area contributed by atoms with Gasteiger partial charge in [-0.3, -0.25) is 4.90 Å². The molecular weight excluding hydrogens is 430 g/mol. The number of nitrogens with zero attached hydrogens (tertiary/aromatic N) is 1. The largest absolute Gasteiger partial charge is 0.455 e. The first kappa shape index (κ1) is 22.0. The number of morpholine rings is 1. The van der Waals surface area contributed by atoms with Crippen LogP contribution in [0.1, 0.15) is 28.2 Å². The van der Waals surface area contributed by atoms with Gasteiger partial charge in [0.15, 0.2) is 5.76 Å². The van der Waals surface area contributed by atoms with E-state index in [1.165, 1.54) is 11.1 Å². The Labute approximate surface area is 200 Å². The van der Waals surface area contributed by atoms with Gasteiger partial charge in [0.1, 0.15) is 5.75 Å². The Bertz CT molecular complexity index is 1160. The predicted octanol–water partition coefficient (Wildman–Crippen LogP) is 6.39. The van der Waals surface area contributed by atoms with Gasteiger partial charge in [-0.1, -0.05) is 96.0 Å². The molecule has 0 saturated carbocycles. The summed E-state index contributed by atoms with van der Waals surface area (Å²) in [4.78, 5) is 2.41. The van der Waals surface area contributed by atoms with E-state index in [-0.39, 0.29) is 5.92 Å². The van der Waals surface area contributed by atoms with Gasteiger partial charge in [0.25, 0.3) is 0 Å². The molecule has 0 radical (unpaired) electrons. The fraction of sp³-hybridized carbons (Fsp3) is 0.241. The molecule has 3 nitrogen and oxygen atoms in total. The second kappa shape index (κ2) is 9.96. The Kier molecular flexibility index (Phi) is 6.63. The molecule has 33 heavy (non-hydrogen) atoms. The van der Waals surface area contributed by atoms with Crippen LogP contribution < -0.4 is 4.74 Å². The Balaban J connectivity index is 1.68. The monoisotopic (exact) mass is 457 g/mol. The third-order valence-electron chi connectivity index (χ3n) is 6.33. The predicted molar refractivity (Wildman–Crippen MR) is 135 cm³/mol. The molecular formula is C29H28ClNO2. The molecule has 2 aliphatic heterocycles. The lowest BCUT2D eigenvalue weighted by molar-refractivity contribution is 0.0433.